The van der Waals surface area contributed by atoms with Crippen LogP contribution in [0.15, 0.2) is 30.6 Å². The van der Waals surface area contributed by atoms with Crippen LogP contribution in [0.1, 0.15) is 22.6 Å². The summed E-state index contributed by atoms with van der Waals surface area (Å²) >= 11 is 1.90. The average Bonchev–Trinajstić information content (AvgIpc) is 3.24. The lowest BCUT2D eigenvalue weighted by Gasteiger charge is -2.23. The smallest absolute Gasteiger partial charge is 0.222 e. The van der Waals surface area contributed by atoms with E-state index in [1.807, 2.05) is 17.4 Å². The van der Waals surface area contributed by atoms with Crippen molar-refractivity contribution >= 4 is 17.3 Å². The molecule has 0 bridgehead atoms. The SMILES string of the molecule is Cc1ccc(CN2CC[C@]3(C[C@@H](Nc4ncccn4)CO3)C2)s1. The molecule has 0 saturated carbocycles. The minimum Gasteiger partial charge on any atom is -0.371 e. The highest BCUT2D eigenvalue weighted by Crippen LogP contribution is 2.36. The summed E-state index contributed by atoms with van der Waals surface area (Å²) in [7, 11) is 0. The fraction of sp³-hybridized carbons (Fsp3) is 0.529. The van der Waals surface area contributed by atoms with Gasteiger partial charge in [0.05, 0.1) is 18.2 Å². The molecule has 1 spiro atoms. The van der Waals surface area contributed by atoms with Crippen LogP contribution < -0.4 is 5.32 Å². The third-order valence-corrected chi connectivity index (χ3v) is 5.66. The molecule has 2 fully saturated rings. The summed E-state index contributed by atoms with van der Waals surface area (Å²) in [6, 6.07) is 6.59. The number of aromatic nitrogens is 2. The van der Waals surface area contributed by atoms with E-state index in [1.54, 1.807) is 12.4 Å². The maximum atomic E-state index is 6.20. The highest BCUT2D eigenvalue weighted by Gasteiger charge is 2.45. The lowest BCUT2D eigenvalue weighted by molar-refractivity contribution is 0.0120. The van der Waals surface area contributed by atoms with E-state index in [0.29, 0.717) is 12.0 Å². The minimum absolute atomic E-state index is 0.0126. The zero-order chi connectivity index (χ0) is 15.7. The molecule has 2 saturated heterocycles. The van der Waals surface area contributed by atoms with E-state index >= 15 is 0 Å². The molecule has 4 heterocycles. The monoisotopic (exact) mass is 330 g/mol. The van der Waals surface area contributed by atoms with Gasteiger partial charge in [0, 0.05) is 48.2 Å². The molecule has 2 atom stereocenters. The molecule has 2 aromatic heterocycles. The number of nitrogens with one attached hydrogen (secondary N) is 1. The van der Waals surface area contributed by atoms with E-state index in [1.165, 1.54) is 9.75 Å². The Balaban J connectivity index is 1.34. The van der Waals surface area contributed by atoms with E-state index in [4.69, 9.17) is 4.74 Å². The first-order valence-corrected chi connectivity index (χ1v) is 8.98. The topological polar surface area (TPSA) is 50.3 Å². The Kier molecular flexibility index (Phi) is 4.05. The zero-order valence-corrected chi connectivity index (χ0v) is 14.2. The molecule has 6 heteroatoms. The van der Waals surface area contributed by atoms with Gasteiger partial charge in [-0.3, -0.25) is 4.90 Å². The summed E-state index contributed by atoms with van der Waals surface area (Å²) in [5, 5.41) is 3.40. The highest BCUT2D eigenvalue weighted by molar-refractivity contribution is 7.11. The molecule has 0 aromatic carbocycles. The first-order valence-electron chi connectivity index (χ1n) is 8.16. The van der Waals surface area contributed by atoms with Gasteiger partial charge in [0.25, 0.3) is 0 Å². The van der Waals surface area contributed by atoms with Crippen molar-refractivity contribution in [3.05, 3.63) is 40.3 Å². The molecule has 23 heavy (non-hydrogen) atoms. The molecule has 0 unspecified atom stereocenters. The molecule has 0 amide bonds. The predicted octanol–water partition coefficient (Wildman–Crippen LogP) is 2.69. The molecule has 1 N–H and O–H groups in total. The average molecular weight is 330 g/mol. The maximum Gasteiger partial charge on any atom is 0.222 e. The van der Waals surface area contributed by atoms with Gasteiger partial charge in [0.1, 0.15) is 0 Å². The van der Waals surface area contributed by atoms with Crippen molar-refractivity contribution in [2.24, 2.45) is 0 Å². The molecule has 2 aliphatic heterocycles. The van der Waals surface area contributed by atoms with Gasteiger partial charge in [0.15, 0.2) is 0 Å². The molecule has 122 valence electrons. The van der Waals surface area contributed by atoms with Crippen molar-refractivity contribution in [2.75, 3.05) is 25.0 Å². The molecule has 5 nitrogen and oxygen atoms in total. The van der Waals surface area contributed by atoms with Gasteiger partial charge >= 0.3 is 0 Å². The van der Waals surface area contributed by atoms with Crippen molar-refractivity contribution in [1.29, 1.82) is 0 Å². The van der Waals surface area contributed by atoms with Crippen LogP contribution in [0.3, 0.4) is 0 Å². The summed E-state index contributed by atoms with van der Waals surface area (Å²) in [5.74, 6) is 0.696. The summed E-state index contributed by atoms with van der Waals surface area (Å²) in [6.45, 7) is 6.10. The zero-order valence-electron chi connectivity index (χ0n) is 13.4. The Morgan fingerprint density at radius 3 is 3.04 bits per heavy atom. The van der Waals surface area contributed by atoms with E-state index in [0.717, 1.165) is 39.1 Å². The van der Waals surface area contributed by atoms with Crippen molar-refractivity contribution in [3.8, 4) is 0 Å². The van der Waals surface area contributed by atoms with E-state index in [-0.39, 0.29) is 5.60 Å². The lowest BCUT2D eigenvalue weighted by Crippen LogP contribution is -2.33. The predicted molar refractivity (Wildman–Crippen MR) is 91.7 cm³/mol. The Bertz CT molecular complexity index is 662. The van der Waals surface area contributed by atoms with Crippen LogP contribution >= 0.6 is 11.3 Å². The number of anilines is 1. The van der Waals surface area contributed by atoms with E-state index in [2.05, 4.69) is 39.2 Å². The molecular formula is C17H22N4OS. The number of likely N-dealkylation sites (tertiary alicyclic amines) is 1. The summed E-state index contributed by atoms with van der Waals surface area (Å²) in [5.41, 5.74) is 0.0126. The van der Waals surface area contributed by atoms with Gasteiger partial charge in [-0.05, 0) is 31.5 Å². The van der Waals surface area contributed by atoms with Crippen LogP contribution in [0.25, 0.3) is 0 Å². The Morgan fingerprint density at radius 1 is 1.39 bits per heavy atom. The van der Waals surface area contributed by atoms with Gasteiger partial charge < -0.3 is 10.1 Å². The van der Waals surface area contributed by atoms with Gasteiger partial charge in [-0.2, -0.15) is 0 Å². The van der Waals surface area contributed by atoms with Crippen molar-refractivity contribution in [1.82, 2.24) is 14.9 Å². The van der Waals surface area contributed by atoms with Crippen molar-refractivity contribution in [2.45, 2.75) is 38.0 Å². The first kappa shape index (κ1) is 15.1. The van der Waals surface area contributed by atoms with Crippen LogP contribution in [-0.2, 0) is 11.3 Å². The summed E-state index contributed by atoms with van der Waals surface area (Å²) in [4.78, 5) is 13.8. The highest BCUT2D eigenvalue weighted by atomic mass is 32.1. The van der Waals surface area contributed by atoms with Crippen LogP contribution in [0.5, 0.6) is 0 Å². The standard InChI is InChI=1S/C17H22N4OS/c1-13-3-4-15(23-13)10-21-8-5-17(12-21)9-14(11-22-17)20-16-18-6-2-7-19-16/h2-4,6-7,14H,5,8-12H2,1H3,(H,18,19,20)/t14-,17+/m1/s1. The Morgan fingerprint density at radius 2 is 2.26 bits per heavy atom. The second kappa shape index (κ2) is 6.19. The van der Waals surface area contributed by atoms with Crippen LogP contribution in [0, 0.1) is 6.92 Å². The van der Waals surface area contributed by atoms with Gasteiger partial charge in [-0.1, -0.05) is 0 Å². The fourth-order valence-corrected chi connectivity index (χ4v) is 4.56. The molecule has 0 radical (unpaired) electrons. The normalized spacial score (nSPS) is 27.8. The van der Waals surface area contributed by atoms with Gasteiger partial charge in [-0.25, -0.2) is 9.97 Å². The summed E-state index contributed by atoms with van der Waals surface area (Å²) in [6.07, 6.45) is 5.68. The fourth-order valence-electron chi connectivity index (χ4n) is 3.63. The third kappa shape index (κ3) is 3.39. The maximum absolute atomic E-state index is 6.20. The number of hydrogen-bond acceptors (Lipinski definition) is 6. The number of ether oxygens (including phenoxy) is 1. The van der Waals surface area contributed by atoms with Crippen molar-refractivity contribution < 1.29 is 4.74 Å². The van der Waals surface area contributed by atoms with E-state index in [9.17, 15) is 0 Å². The van der Waals surface area contributed by atoms with E-state index < -0.39 is 0 Å². The van der Waals surface area contributed by atoms with Crippen molar-refractivity contribution in [3.63, 3.8) is 0 Å². The second-order valence-corrected chi connectivity index (χ2v) is 7.96. The summed E-state index contributed by atoms with van der Waals surface area (Å²) < 4.78 is 6.20. The number of aryl methyl sites for hydroxylation is 1. The minimum atomic E-state index is 0.0126. The third-order valence-electron chi connectivity index (χ3n) is 4.68. The second-order valence-electron chi connectivity index (χ2n) is 6.58. The van der Waals surface area contributed by atoms with Crippen LogP contribution in [-0.4, -0.2) is 46.2 Å². The van der Waals surface area contributed by atoms with Gasteiger partial charge in [-0.15, -0.1) is 11.3 Å². The first-order chi connectivity index (χ1) is 11.2. The molecule has 2 aromatic rings. The number of hydrogen-bond donors (Lipinski definition) is 1. The molecule has 0 aliphatic carbocycles. The number of rotatable bonds is 4. The molecule has 2 aliphatic rings. The quantitative estimate of drug-likeness (QED) is 0.934. The van der Waals surface area contributed by atoms with Gasteiger partial charge in [0.2, 0.25) is 5.95 Å². The van der Waals surface area contributed by atoms with Crippen LogP contribution in [0.2, 0.25) is 0 Å². The molecular weight excluding hydrogens is 308 g/mol. The number of nitrogens with zero attached hydrogens (tertiary/aromatic N) is 3. The number of thiophene rings is 1. The Hall–Kier alpha value is -1.50. The molecule has 4 rings (SSSR count). The van der Waals surface area contributed by atoms with Crippen LogP contribution in [0.4, 0.5) is 5.95 Å². The lowest BCUT2D eigenvalue weighted by atomic mass is 9.97. The largest absolute Gasteiger partial charge is 0.371 e. The Labute approximate surface area is 140 Å².